The summed E-state index contributed by atoms with van der Waals surface area (Å²) in [6, 6.07) is 15.9. The molecule has 7 nitrogen and oxygen atoms in total. The molecule has 1 aliphatic rings. The van der Waals surface area contributed by atoms with Gasteiger partial charge >= 0.3 is 6.18 Å². The molecule has 2 heterocycles. The van der Waals surface area contributed by atoms with E-state index in [0.29, 0.717) is 30.1 Å². The number of alkyl halides is 3. The van der Waals surface area contributed by atoms with Crippen LogP contribution in [0.25, 0.3) is 0 Å². The molecule has 0 saturated carbocycles. The van der Waals surface area contributed by atoms with Gasteiger partial charge in [-0.05, 0) is 48.9 Å². The highest BCUT2D eigenvalue weighted by molar-refractivity contribution is 7.90. The first-order valence-corrected chi connectivity index (χ1v) is 15.1. The summed E-state index contributed by atoms with van der Waals surface area (Å²) < 4.78 is 78.6. The van der Waals surface area contributed by atoms with E-state index in [9.17, 15) is 30.8 Å². The molecular weight excluding hydrogens is 560 g/mol. The number of sulfone groups is 1. The second-order valence-electron chi connectivity index (χ2n) is 10.3. The fourth-order valence-electron chi connectivity index (χ4n) is 4.96. The smallest absolute Gasteiger partial charge is 0.356 e. The third kappa shape index (κ3) is 7.23. The van der Waals surface area contributed by atoms with E-state index >= 15 is 0 Å². The van der Waals surface area contributed by atoms with E-state index in [1.54, 1.807) is 6.92 Å². The molecule has 1 fully saturated rings. The number of rotatable bonds is 8. The minimum atomic E-state index is -4.62. The van der Waals surface area contributed by atoms with Crippen LogP contribution in [0, 0.1) is 5.82 Å². The molecule has 3 aromatic rings. The SMILES string of the molecule is CC(C(=O)NCc1ccc(C(F)(F)F)nc1N1CCC(c2ccccc2)CC1)c1ccc(C(N)S(C)(=O)=O)c(F)c1. The van der Waals surface area contributed by atoms with Crippen LogP contribution in [0.1, 0.15) is 64.9 Å². The van der Waals surface area contributed by atoms with E-state index in [-0.39, 0.29) is 17.9 Å². The fourth-order valence-corrected chi connectivity index (χ4v) is 5.61. The van der Waals surface area contributed by atoms with Gasteiger partial charge in [0, 0.05) is 37.0 Å². The lowest BCUT2D eigenvalue weighted by Gasteiger charge is -2.34. The molecule has 0 aliphatic carbocycles. The van der Waals surface area contributed by atoms with Crippen LogP contribution in [0.5, 0.6) is 0 Å². The topological polar surface area (TPSA) is 105 Å². The van der Waals surface area contributed by atoms with Gasteiger partial charge in [-0.15, -0.1) is 0 Å². The number of nitrogens with one attached hydrogen (secondary N) is 1. The van der Waals surface area contributed by atoms with Crippen LogP contribution in [-0.4, -0.2) is 38.7 Å². The van der Waals surface area contributed by atoms with Crippen molar-refractivity contribution in [2.24, 2.45) is 5.73 Å². The van der Waals surface area contributed by atoms with Gasteiger partial charge in [-0.1, -0.05) is 48.5 Å². The van der Waals surface area contributed by atoms with Crippen molar-refractivity contribution in [1.82, 2.24) is 10.3 Å². The quantitative estimate of drug-likeness (QED) is 0.355. The number of piperidine rings is 1. The number of halogens is 4. The van der Waals surface area contributed by atoms with E-state index in [1.807, 2.05) is 35.2 Å². The summed E-state index contributed by atoms with van der Waals surface area (Å²) in [6.45, 7) is 2.47. The first kappa shape index (κ1) is 30.4. The van der Waals surface area contributed by atoms with Crippen LogP contribution < -0.4 is 16.0 Å². The highest BCUT2D eigenvalue weighted by atomic mass is 32.2. The number of carbonyl (C=O) groups is 1. The number of carbonyl (C=O) groups excluding carboxylic acids is 1. The Morgan fingerprint density at radius 2 is 1.76 bits per heavy atom. The van der Waals surface area contributed by atoms with Gasteiger partial charge in [0.2, 0.25) is 5.91 Å². The largest absolute Gasteiger partial charge is 0.433 e. The van der Waals surface area contributed by atoms with Gasteiger partial charge in [0.15, 0.2) is 9.84 Å². The Bertz CT molecular complexity index is 1490. The van der Waals surface area contributed by atoms with Gasteiger partial charge in [-0.25, -0.2) is 17.8 Å². The van der Waals surface area contributed by atoms with Crippen molar-refractivity contribution in [3.05, 3.63) is 94.4 Å². The molecule has 41 heavy (non-hydrogen) atoms. The molecule has 4 rings (SSSR count). The van der Waals surface area contributed by atoms with Crippen LogP contribution in [0.2, 0.25) is 0 Å². The van der Waals surface area contributed by atoms with Crippen molar-refractivity contribution in [3.8, 4) is 0 Å². The molecular formula is C29H32F4N4O3S. The maximum atomic E-state index is 14.7. The lowest BCUT2D eigenvalue weighted by atomic mass is 9.89. The first-order valence-electron chi connectivity index (χ1n) is 13.1. The molecule has 1 aromatic heterocycles. The van der Waals surface area contributed by atoms with Gasteiger partial charge in [0.05, 0.1) is 5.92 Å². The molecule has 0 bridgehead atoms. The Hall–Kier alpha value is -3.51. The molecule has 220 valence electrons. The highest BCUT2D eigenvalue weighted by Crippen LogP contribution is 2.34. The standard InChI is InChI=1S/C29H32F4N4O3S/c1-18(21-8-10-23(24(30)16-21)26(34)41(2,39)40)28(38)35-17-22-9-11-25(29(31,32)33)36-27(22)37-14-12-20(13-15-37)19-6-4-3-5-7-19/h3-11,16,18,20,26H,12-15,17,34H2,1-2H3,(H,35,38). The Morgan fingerprint density at radius 3 is 2.34 bits per heavy atom. The average Bonchev–Trinajstić information content (AvgIpc) is 2.94. The maximum absolute atomic E-state index is 14.7. The number of pyridine rings is 1. The Balaban J connectivity index is 1.49. The molecule has 2 atom stereocenters. The highest BCUT2D eigenvalue weighted by Gasteiger charge is 2.34. The summed E-state index contributed by atoms with van der Waals surface area (Å²) >= 11 is 0. The summed E-state index contributed by atoms with van der Waals surface area (Å²) in [4.78, 5) is 18.7. The second-order valence-corrected chi connectivity index (χ2v) is 12.5. The van der Waals surface area contributed by atoms with Gasteiger partial charge < -0.3 is 16.0 Å². The van der Waals surface area contributed by atoms with Crippen molar-refractivity contribution < 1.29 is 30.8 Å². The average molecular weight is 593 g/mol. The predicted molar refractivity (Wildman–Crippen MR) is 148 cm³/mol. The summed E-state index contributed by atoms with van der Waals surface area (Å²) in [5, 5.41) is 1.18. The van der Waals surface area contributed by atoms with E-state index in [4.69, 9.17) is 5.73 Å². The lowest BCUT2D eigenvalue weighted by molar-refractivity contribution is -0.141. The number of hydrogen-bond donors (Lipinski definition) is 2. The fraction of sp³-hybridized carbons (Fsp3) is 0.379. The minimum absolute atomic E-state index is 0.0816. The molecule has 3 N–H and O–H groups in total. The van der Waals surface area contributed by atoms with E-state index in [0.717, 1.165) is 31.2 Å². The Kier molecular flexibility index (Phi) is 9.03. The van der Waals surface area contributed by atoms with Crippen LogP contribution in [0.3, 0.4) is 0 Å². The van der Waals surface area contributed by atoms with Crippen LogP contribution in [-0.2, 0) is 27.4 Å². The predicted octanol–water partition coefficient (Wildman–Crippen LogP) is 5.05. The molecule has 12 heteroatoms. The van der Waals surface area contributed by atoms with Gasteiger partial charge in [0.25, 0.3) is 0 Å². The van der Waals surface area contributed by atoms with Gasteiger partial charge in [0.1, 0.15) is 22.7 Å². The Morgan fingerprint density at radius 1 is 1.10 bits per heavy atom. The summed E-state index contributed by atoms with van der Waals surface area (Å²) in [5.74, 6) is -1.71. The van der Waals surface area contributed by atoms with Crippen LogP contribution in [0.4, 0.5) is 23.4 Å². The molecule has 0 radical (unpaired) electrons. The molecule has 1 amide bonds. The van der Waals surface area contributed by atoms with Crippen LogP contribution >= 0.6 is 0 Å². The van der Waals surface area contributed by atoms with Crippen molar-refractivity contribution >= 4 is 21.6 Å². The molecule has 1 saturated heterocycles. The van der Waals surface area contributed by atoms with Crippen molar-refractivity contribution in [2.75, 3.05) is 24.2 Å². The molecule has 1 aliphatic heterocycles. The van der Waals surface area contributed by atoms with Crippen LogP contribution in [0.15, 0.2) is 60.7 Å². The maximum Gasteiger partial charge on any atom is 0.433 e. The van der Waals surface area contributed by atoms with Crippen molar-refractivity contribution in [1.29, 1.82) is 0 Å². The number of hydrogen-bond acceptors (Lipinski definition) is 6. The van der Waals surface area contributed by atoms with E-state index in [1.165, 1.54) is 23.8 Å². The Labute approximate surface area is 236 Å². The first-order chi connectivity index (χ1) is 19.3. The summed E-state index contributed by atoms with van der Waals surface area (Å²) in [7, 11) is -3.73. The van der Waals surface area contributed by atoms with Crippen molar-refractivity contribution in [2.45, 2.75) is 49.7 Å². The number of amides is 1. The summed E-state index contributed by atoms with van der Waals surface area (Å²) in [6.07, 6.45) is -2.23. The zero-order valence-electron chi connectivity index (χ0n) is 22.7. The van der Waals surface area contributed by atoms with Crippen molar-refractivity contribution in [3.63, 3.8) is 0 Å². The third-order valence-electron chi connectivity index (χ3n) is 7.45. The molecule has 0 spiro atoms. The lowest BCUT2D eigenvalue weighted by Crippen LogP contribution is -2.35. The minimum Gasteiger partial charge on any atom is -0.356 e. The molecule has 2 aromatic carbocycles. The zero-order chi connectivity index (χ0) is 29.9. The van der Waals surface area contributed by atoms with Gasteiger partial charge in [-0.3, -0.25) is 4.79 Å². The number of benzene rings is 2. The van der Waals surface area contributed by atoms with E-state index in [2.05, 4.69) is 10.3 Å². The van der Waals surface area contributed by atoms with E-state index < -0.39 is 44.7 Å². The number of anilines is 1. The second kappa shape index (κ2) is 12.2. The monoisotopic (exact) mass is 592 g/mol. The number of nitrogens with two attached hydrogens (primary N) is 1. The number of aromatic nitrogens is 1. The zero-order valence-corrected chi connectivity index (χ0v) is 23.5. The third-order valence-corrected chi connectivity index (χ3v) is 8.63. The summed E-state index contributed by atoms with van der Waals surface area (Å²) in [5.41, 5.74) is 6.32. The normalized spacial score (nSPS) is 16.3. The molecule has 2 unspecified atom stereocenters. The van der Waals surface area contributed by atoms with Gasteiger partial charge in [-0.2, -0.15) is 13.2 Å². The number of nitrogens with zero attached hydrogens (tertiary/aromatic N) is 2.